The van der Waals surface area contributed by atoms with Gasteiger partial charge in [-0.15, -0.1) is 13.2 Å². The van der Waals surface area contributed by atoms with Gasteiger partial charge in [-0.1, -0.05) is 18.2 Å². The molecule has 1 aliphatic heterocycles. The summed E-state index contributed by atoms with van der Waals surface area (Å²) in [7, 11) is 0. The number of ether oxygens (including phenoxy) is 2. The molecular weight excluding hydrogens is 389 g/mol. The average Bonchev–Trinajstić information content (AvgIpc) is 2.59. The zero-order chi connectivity index (χ0) is 21.7. The fraction of sp³-hybridized carbons (Fsp3) is 0.500. The van der Waals surface area contributed by atoms with Crippen LogP contribution in [-0.4, -0.2) is 48.0 Å². The fourth-order valence-electron chi connectivity index (χ4n) is 2.78. The van der Waals surface area contributed by atoms with Crippen molar-refractivity contribution in [1.82, 2.24) is 10.2 Å². The van der Waals surface area contributed by atoms with Crippen LogP contribution in [0.15, 0.2) is 30.3 Å². The molecule has 0 saturated carbocycles. The number of alkyl halides is 3. The quantitative estimate of drug-likeness (QED) is 0.753. The first kappa shape index (κ1) is 22.6. The maximum absolute atomic E-state index is 12.4. The number of benzene rings is 1. The normalized spacial score (nSPS) is 16.0. The number of likely N-dealkylation sites (tertiary alicyclic amines) is 1. The summed E-state index contributed by atoms with van der Waals surface area (Å²) in [5.74, 6) is -0.808. The largest absolute Gasteiger partial charge is 0.573 e. The number of piperidine rings is 1. The first-order valence-corrected chi connectivity index (χ1v) is 9.24. The predicted octanol–water partition coefficient (Wildman–Crippen LogP) is 4.11. The smallest absolute Gasteiger partial charge is 0.444 e. The van der Waals surface area contributed by atoms with Crippen LogP contribution >= 0.6 is 0 Å². The molecule has 9 heteroatoms. The van der Waals surface area contributed by atoms with Crippen LogP contribution in [0.3, 0.4) is 0 Å². The lowest BCUT2D eigenvalue weighted by Gasteiger charge is -2.33. The van der Waals surface area contributed by atoms with Gasteiger partial charge in [0.2, 0.25) is 5.91 Å². The lowest BCUT2D eigenvalue weighted by Crippen LogP contribution is -2.47. The van der Waals surface area contributed by atoms with Gasteiger partial charge in [-0.3, -0.25) is 4.79 Å². The highest BCUT2D eigenvalue weighted by atomic mass is 19.4. The minimum atomic E-state index is -4.81. The molecule has 1 fully saturated rings. The SMILES string of the molecule is CC(C)(C)OC(=O)N1CCC(NC(=O)C=Cc2ccccc2OC(F)(F)F)CC1. The lowest BCUT2D eigenvalue weighted by molar-refractivity contribution is -0.274. The second kappa shape index (κ2) is 9.19. The van der Waals surface area contributed by atoms with Crippen molar-refractivity contribution in [3.05, 3.63) is 35.9 Å². The highest BCUT2D eigenvalue weighted by molar-refractivity contribution is 5.92. The molecule has 29 heavy (non-hydrogen) atoms. The summed E-state index contributed by atoms with van der Waals surface area (Å²) in [4.78, 5) is 25.8. The molecule has 0 bridgehead atoms. The van der Waals surface area contributed by atoms with Gasteiger partial charge in [0.05, 0.1) is 0 Å². The van der Waals surface area contributed by atoms with Crippen LogP contribution in [0.1, 0.15) is 39.2 Å². The highest BCUT2D eigenvalue weighted by Gasteiger charge is 2.32. The Labute approximate surface area is 167 Å². The van der Waals surface area contributed by atoms with Gasteiger partial charge in [0, 0.05) is 30.8 Å². The zero-order valence-electron chi connectivity index (χ0n) is 16.6. The van der Waals surface area contributed by atoms with Crippen LogP contribution in [0.2, 0.25) is 0 Å². The third kappa shape index (κ3) is 8.05. The third-order valence-corrected chi connectivity index (χ3v) is 4.05. The summed E-state index contributed by atoms with van der Waals surface area (Å²) in [6, 6.07) is 5.43. The molecule has 1 aromatic carbocycles. The molecule has 6 nitrogen and oxygen atoms in total. The van der Waals surface area contributed by atoms with Crippen LogP contribution in [0.5, 0.6) is 5.75 Å². The molecule has 1 aliphatic rings. The number of amides is 2. The second-order valence-electron chi connectivity index (χ2n) is 7.67. The molecule has 1 N–H and O–H groups in total. The minimum Gasteiger partial charge on any atom is -0.444 e. The monoisotopic (exact) mass is 414 g/mol. The number of carbonyl (C=O) groups excluding carboxylic acids is 2. The molecule has 1 heterocycles. The van der Waals surface area contributed by atoms with Crippen molar-refractivity contribution in [2.45, 2.75) is 51.6 Å². The van der Waals surface area contributed by atoms with Crippen molar-refractivity contribution >= 4 is 18.1 Å². The Morgan fingerprint density at radius 3 is 2.34 bits per heavy atom. The predicted molar refractivity (Wildman–Crippen MR) is 101 cm³/mol. The van der Waals surface area contributed by atoms with E-state index in [1.807, 2.05) is 0 Å². The van der Waals surface area contributed by atoms with Crippen molar-refractivity contribution in [3.63, 3.8) is 0 Å². The molecule has 0 aromatic heterocycles. The molecule has 0 unspecified atom stereocenters. The molecule has 2 rings (SSSR count). The van der Waals surface area contributed by atoms with Crippen molar-refractivity contribution < 1.29 is 32.2 Å². The number of hydrogen-bond donors (Lipinski definition) is 1. The van der Waals surface area contributed by atoms with E-state index in [9.17, 15) is 22.8 Å². The van der Waals surface area contributed by atoms with E-state index >= 15 is 0 Å². The maximum Gasteiger partial charge on any atom is 0.573 e. The molecule has 0 aliphatic carbocycles. The van der Waals surface area contributed by atoms with Gasteiger partial charge in [-0.2, -0.15) is 0 Å². The van der Waals surface area contributed by atoms with E-state index in [2.05, 4.69) is 10.1 Å². The number of para-hydroxylation sites is 1. The topological polar surface area (TPSA) is 67.9 Å². The molecule has 0 spiro atoms. The summed E-state index contributed by atoms with van der Waals surface area (Å²) in [5.41, 5.74) is -0.432. The van der Waals surface area contributed by atoms with Gasteiger partial charge in [0.25, 0.3) is 0 Å². The van der Waals surface area contributed by atoms with Crippen LogP contribution < -0.4 is 10.1 Å². The van der Waals surface area contributed by atoms with E-state index < -0.39 is 17.9 Å². The Bertz CT molecular complexity index is 749. The Morgan fingerprint density at radius 1 is 1.14 bits per heavy atom. The van der Waals surface area contributed by atoms with Gasteiger partial charge in [-0.25, -0.2) is 4.79 Å². The van der Waals surface area contributed by atoms with Gasteiger partial charge in [0.15, 0.2) is 0 Å². The maximum atomic E-state index is 12.4. The number of hydrogen-bond acceptors (Lipinski definition) is 4. The Kier molecular flexibility index (Phi) is 7.16. The zero-order valence-corrected chi connectivity index (χ0v) is 16.6. The summed E-state index contributed by atoms with van der Waals surface area (Å²) in [6.45, 7) is 6.28. The van der Waals surface area contributed by atoms with Gasteiger partial charge >= 0.3 is 12.5 Å². The van der Waals surface area contributed by atoms with E-state index in [4.69, 9.17) is 4.74 Å². The third-order valence-electron chi connectivity index (χ3n) is 4.05. The summed E-state index contributed by atoms with van der Waals surface area (Å²) in [6.07, 6.45) is -1.64. The van der Waals surface area contributed by atoms with Gasteiger partial charge < -0.3 is 19.7 Å². The second-order valence-corrected chi connectivity index (χ2v) is 7.67. The van der Waals surface area contributed by atoms with Gasteiger partial charge in [-0.05, 0) is 45.8 Å². The molecule has 0 atom stereocenters. The minimum absolute atomic E-state index is 0.132. The Hall–Kier alpha value is -2.71. The number of nitrogens with one attached hydrogen (secondary N) is 1. The van der Waals surface area contributed by atoms with Crippen LogP contribution in [0.4, 0.5) is 18.0 Å². The Balaban J connectivity index is 1.86. The van der Waals surface area contributed by atoms with Crippen LogP contribution in [-0.2, 0) is 9.53 Å². The molecule has 160 valence electrons. The van der Waals surface area contributed by atoms with Crippen molar-refractivity contribution in [2.24, 2.45) is 0 Å². The van der Waals surface area contributed by atoms with E-state index in [-0.39, 0.29) is 23.4 Å². The Morgan fingerprint density at radius 2 is 1.76 bits per heavy atom. The first-order chi connectivity index (χ1) is 13.4. The molecular formula is C20H25F3N2O4. The molecule has 1 aromatic rings. The van der Waals surface area contributed by atoms with Crippen molar-refractivity contribution in [1.29, 1.82) is 0 Å². The van der Waals surface area contributed by atoms with E-state index in [1.165, 1.54) is 30.4 Å². The summed E-state index contributed by atoms with van der Waals surface area (Å²) in [5, 5.41) is 2.80. The summed E-state index contributed by atoms with van der Waals surface area (Å²) >= 11 is 0. The van der Waals surface area contributed by atoms with Crippen molar-refractivity contribution in [2.75, 3.05) is 13.1 Å². The van der Waals surface area contributed by atoms with Crippen molar-refractivity contribution in [3.8, 4) is 5.75 Å². The van der Waals surface area contributed by atoms with E-state index in [0.717, 1.165) is 0 Å². The lowest BCUT2D eigenvalue weighted by atomic mass is 10.1. The summed E-state index contributed by atoms with van der Waals surface area (Å²) < 4.78 is 46.6. The van der Waals surface area contributed by atoms with Crippen LogP contribution in [0, 0.1) is 0 Å². The molecule has 0 radical (unpaired) electrons. The number of rotatable bonds is 4. The van der Waals surface area contributed by atoms with Crippen LogP contribution in [0.25, 0.3) is 6.08 Å². The van der Waals surface area contributed by atoms with Gasteiger partial charge in [0.1, 0.15) is 11.4 Å². The van der Waals surface area contributed by atoms with E-state index in [0.29, 0.717) is 25.9 Å². The first-order valence-electron chi connectivity index (χ1n) is 9.24. The highest BCUT2D eigenvalue weighted by Crippen LogP contribution is 2.27. The fourth-order valence-corrected chi connectivity index (χ4v) is 2.78. The number of halogens is 3. The standard InChI is InChI=1S/C20H25F3N2O4/c1-19(2,3)29-18(27)25-12-10-15(11-13-25)24-17(26)9-8-14-6-4-5-7-16(14)28-20(21,22)23/h4-9,15H,10-13H2,1-3H3,(H,24,26). The molecule has 2 amide bonds. The molecule has 1 saturated heterocycles. The average molecular weight is 414 g/mol. The number of nitrogens with zero attached hydrogens (tertiary/aromatic N) is 1. The number of carbonyl (C=O) groups is 2. The van der Waals surface area contributed by atoms with E-state index in [1.54, 1.807) is 31.7 Å².